The van der Waals surface area contributed by atoms with Crippen molar-refractivity contribution in [2.24, 2.45) is 5.73 Å². The zero-order chi connectivity index (χ0) is 14.5. The number of alkyl halides is 3. The maximum absolute atomic E-state index is 12.9. The molecule has 0 bridgehead atoms. The van der Waals surface area contributed by atoms with Crippen molar-refractivity contribution >= 4 is 5.69 Å². The predicted octanol–water partition coefficient (Wildman–Crippen LogP) is 0.955. The van der Waals surface area contributed by atoms with Crippen molar-refractivity contribution < 1.29 is 23.4 Å². The van der Waals surface area contributed by atoms with E-state index in [1.165, 1.54) is 17.0 Å². The van der Waals surface area contributed by atoms with Crippen LogP contribution in [0.5, 0.6) is 0 Å². The number of aliphatic hydroxyl groups excluding tert-OH is 2. The molecule has 7 heteroatoms. The number of halogens is 3. The maximum Gasteiger partial charge on any atom is 0.416 e. The van der Waals surface area contributed by atoms with Crippen LogP contribution in [0.25, 0.3) is 0 Å². The molecule has 0 aliphatic heterocycles. The Kier molecular flexibility index (Phi) is 5.59. The van der Waals surface area contributed by atoms with Gasteiger partial charge in [0.25, 0.3) is 0 Å². The lowest BCUT2D eigenvalue weighted by Crippen LogP contribution is -2.30. The molecule has 0 aliphatic carbocycles. The van der Waals surface area contributed by atoms with Crippen molar-refractivity contribution in [3.8, 4) is 0 Å². The fourth-order valence-electron chi connectivity index (χ4n) is 1.81. The molecule has 0 spiro atoms. The molecule has 1 aromatic carbocycles. The summed E-state index contributed by atoms with van der Waals surface area (Å²) < 4.78 is 38.6. The Morgan fingerprint density at radius 3 is 2.11 bits per heavy atom. The summed E-state index contributed by atoms with van der Waals surface area (Å²) in [5, 5.41) is 17.8. The number of anilines is 1. The zero-order valence-corrected chi connectivity index (χ0v) is 10.3. The normalized spacial score (nSPS) is 11.7. The highest BCUT2D eigenvalue weighted by atomic mass is 19.4. The Morgan fingerprint density at radius 2 is 1.68 bits per heavy atom. The molecule has 0 amide bonds. The molecule has 0 aromatic heterocycles. The number of aliphatic hydroxyl groups is 2. The van der Waals surface area contributed by atoms with Crippen LogP contribution >= 0.6 is 0 Å². The van der Waals surface area contributed by atoms with Crippen LogP contribution in [-0.4, -0.2) is 36.5 Å². The van der Waals surface area contributed by atoms with E-state index < -0.39 is 11.7 Å². The smallest absolute Gasteiger partial charge is 0.395 e. The van der Waals surface area contributed by atoms with Gasteiger partial charge in [0, 0.05) is 25.3 Å². The highest BCUT2D eigenvalue weighted by Crippen LogP contribution is 2.34. The van der Waals surface area contributed by atoms with E-state index in [0.717, 1.165) is 6.07 Å². The molecular formula is C12H17F3N2O2. The fourth-order valence-corrected chi connectivity index (χ4v) is 1.81. The van der Waals surface area contributed by atoms with Crippen LogP contribution in [0.3, 0.4) is 0 Å². The van der Waals surface area contributed by atoms with Gasteiger partial charge in [0.1, 0.15) is 0 Å². The molecular weight excluding hydrogens is 261 g/mol. The lowest BCUT2D eigenvalue weighted by Gasteiger charge is -2.24. The first kappa shape index (κ1) is 15.7. The summed E-state index contributed by atoms with van der Waals surface area (Å²) in [6.07, 6.45) is -4.48. The molecule has 0 saturated carbocycles. The van der Waals surface area contributed by atoms with E-state index in [-0.39, 0.29) is 38.4 Å². The molecule has 19 heavy (non-hydrogen) atoms. The summed E-state index contributed by atoms with van der Waals surface area (Å²) in [5.74, 6) is 0. The SMILES string of the molecule is NCc1ccc(N(CCO)CCO)cc1C(F)(F)F. The minimum absolute atomic E-state index is 0.0178. The van der Waals surface area contributed by atoms with Crippen LogP contribution in [-0.2, 0) is 12.7 Å². The molecule has 1 rings (SSSR count). The zero-order valence-electron chi connectivity index (χ0n) is 10.3. The van der Waals surface area contributed by atoms with Gasteiger partial charge in [-0.2, -0.15) is 13.2 Å². The molecule has 0 radical (unpaired) electrons. The van der Waals surface area contributed by atoms with Gasteiger partial charge < -0.3 is 20.8 Å². The minimum atomic E-state index is -4.48. The Morgan fingerprint density at radius 1 is 1.11 bits per heavy atom. The molecule has 4 N–H and O–H groups in total. The highest BCUT2D eigenvalue weighted by molar-refractivity contribution is 5.52. The molecule has 4 nitrogen and oxygen atoms in total. The minimum Gasteiger partial charge on any atom is -0.395 e. The molecule has 1 aromatic rings. The van der Waals surface area contributed by atoms with Crippen molar-refractivity contribution in [3.05, 3.63) is 29.3 Å². The van der Waals surface area contributed by atoms with Crippen LogP contribution in [0.4, 0.5) is 18.9 Å². The third-order valence-electron chi connectivity index (χ3n) is 2.72. The number of rotatable bonds is 6. The number of benzene rings is 1. The molecule has 0 atom stereocenters. The molecule has 0 unspecified atom stereocenters. The lowest BCUT2D eigenvalue weighted by molar-refractivity contribution is -0.138. The van der Waals surface area contributed by atoms with E-state index in [1.807, 2.05) is 0 Å². The van der Waals surface area contributed by atoms with Crippen molar-refractivity contribution in [3.63, 3.8) is 0 Å². The number of hydrogen-bond acceptors (Lipinski definition) is 4. The average Bonchev–Trinajstić information content (AvgIpc) is 2.37. The predicted molar refractivity (Wildman–Crippen MR) is 65.7 cm³/mol. The van der Waals surface area contributed by atoms with Gasteiger partial charge in [-0.05, 0) is 17.7 Å². The van der Waals surface area contributed by atoms with Crippen molar-refractivity contribution in [2.75, 3.05) is 31.2 Å². The highest BCUT2D eigenvalue weighted by Gasteiger charge is 2.33. The monoisotopic (exact) mass is 278 g/mol. The topological polar surface area (TPSA) is 69.7 Å². The summed E-state index contributed by atoms with van der Waals surface area (Å²) in [7, 11) is 0. The lowest BCUT2D eigenvalue weighted by atomic mass is 10.1. The van der Waals surface area contributed by atoms with Crippen molar-refractivity contribution in [1.82, 2.24) is 0 Å². The first-order chi connectivity index (χ1) is 8.93. The van der Waals surface area contributed by atoms with Gasteiger partial charge in [-0.3, -0.25) is 0 Å². The van der Waals surface area contributed by atoms with Crippen LogP contribution in [0.1, 0.15) is 11.1 Å². The Bertz CT molecular complexity index is 404. The summed E-state index contributed by atoms with van der Waals surface area (Å²) in [5.41, 5.74) is 4.83. The van der Waals surface area contributed by atoms with Gasteiger partial charge >= 0.3 is 6.18 Å². The summed E-state index contributed by atoms with van der Waals surface area (Å²) in [4.78, 5) is 1.48. The van der Waals surface area contributed by atoms with E-state index in [4.69, 9.17) is 15.9 Å². The Hall–Kier alpha value is -1.31. The van der Waals surface area contributed by atoms with Gasteiger partial charge in [-0.15, -0.1) is 0 Å². The summed E-state index contributed by atoms with van der Waals surface area (Å²) >= 11 is 0. The van der Waals surface area contributed by atoms with Gasteiger partial charge in [-0.1, -0.05) is 6.07 Å². The van der Waals surface area contributed by atoms with Crippen molar-refractivity contribution in [2.45, 2.75) is 12.7 Å². The first-order valence-electron chi connectivity index (χ1n) is 5.81. The van der Waals surface area contributed by atoms with Crippen molar-refractivity contribution in [1.29, 1.82) is 0 Å². The summed E-state index contributed by atoms with van der Waals surface area (Å²) in [6, 6.07) is 3.82. The van der Waals surface area contributed by atoms with E-state index in [2.05, 4.69) is 0 Å². The Labute approximate surface area is 109 Å². The molecule has 0 fully saturated rings. The van der Waals surface area contributed by atoms with Gasteiger partial charge in [-0.25, -0.2) is 0 Å². The third-order valence-corrected chi connectivity index (χ3v) is 2.72. The summed E-state index contributed by atoms with van der Waals surface area (Å²) in [6.45, 7) is -0.311. The second-order valence-electron chi connectivity index (χ2n) is 3.98. The largest absolute Gasteiger partial charge is 0.416 e. The number of nitrogens with two attached hydrogens (primary N) is 1. The van der Waals surface area contributed by atoms with Crippen LogP contribution in [0.15, 0.2) is 18.2 Å². The molecule has 0 saturated heterocycles. The van der Waals surface area contributed by atoms with E-state index >= 15 is 0 Å². The molecule has 108 valence electrons. The maximum atomic E-state index is 12.9. The Balaban J connectivity index is 3.15. The molecule has 0 aliphatic rings. The van der Waals surface area contributed by atoms with Gasteiger partial charge in [0.2, 0.25) is 0 Å². The van der Waals surface area contributed by atoms with Crippen LogP contribution in [0.2, 0.25) is 0 Å². The average molecular weight is 278 g/mol. The van der Waals surface area contributed by atoms with Crippen LogP contribution in [0, 0.1) is 0 Å². The number of nitrogens with zero attached hydrogens (tertiary/aromatic N) is 1. The van der Waals surface area contributed by atoms with E-state index in [1.54, 1.807) is 0 Å². The van der Waals surface area contributed by atoms with E-state index in [9.17, 15) is 13.2 Å². The van der Waals surface area contributed by atoms with Gasteiger partial charge in [0.15, 0.2) is 0 Å². The standard InChI is InChI=1S/C12H17F3N2O2/c13-12(14,15)11-7-10(2-1-9(11)8-16)17(3-5-18)4-6-19/h1-2,7,18-19H,3-6,8,16H2. The quantitative estimate of drug-likeness (QED) is 0.725. The first-order valence-corrected chi connectivity index (χ1v) is 5.81. The fraction of sp³-hybridized carbons (Fsp3) is 0.500. The van der Waals surface area contributed by atoms with Gasteiger partial charge in [0.05, 0.1) is 18.8 Å². The second-order valence-corrected chi connectivity index (χ2v) is 3.98. The van der Waals surface area contributed by atoms with E-state index in [0.29, 0.717) is 5.69 Å². The van der Waals surface area contributed by atoms with Crippen LogP contribution < -0.4 is 10.6 Å². The second kappa shape index (κ2) is 6.74. The number of hydrogen-bond donors (Lipinski definition) is 3. The third kappa shape index (κ3) is 4.09. The molecule has 0 heterocycles.